The zero-order chi connectivity index (χ0) is 7.44. The molecule has 0 bridgehead atoms. The molecule has 55 valence electrons. The largest absolute Gasteiger partial charge is 0.233 e. The monoisotopic (exact) mass is 193 g/mol. The molecule has 3 unspecified atom stereocenters. The summed E-state index contributed by atoms with van der Waals surface area (Å²) in [5, 5.41) is 10.8. The number of hydrogen-bond acceptors (Lipinski definition) is 0. The Bertz CT molecular complexity index is 73.3. The summed E-state index contributed by atoms with van der Waals surface area (Å²) in [6.07, 6.45) is 0.586. The maximum atomic E-state index is 10.8. The summed E-state index contributed by atoms with van der Waals surface area (Å²) in [6.45, 7) is 5.79. The predicted octanol–water partition coefficient (Wildman–Crippen LogP) is 2.62. The van der Waals surface area contributed by atoms with Crippen LogP contribution in [0.3, 0.4) is 0 Å². The summed E-state index contributed by atoms with van der Waals surface area (Å²) >= 11 is 3.44. The third kappa shape index (κ3) is 3.21. The molecule has 0 fully saturated rings. The fourth-order valence-electron chi connectivity index (χ4n) is 0.666. The van der Waals surface area contributed by atoms with E-state index in [9.17, 15) is 5.11 Å². The second kappa shape index (κ2) is 4.29. The van der Waals surface area contributed by atoms with Gasteiger partial charge in [-0.2, -0.15) is 0 Å². The SMILES string of the molecule is CCC(Br)C(C)C(C)[O]. The highest BCUT2D eigenvalue weighted by atomic mass is 79.9. The minimum absolute atomic E-state index is 0.245. The molecule has 0 aliphatic carbocycles. The Labute approximate surface area is 65.6 Å². The molecule has 0 aliphatic heterocycles. The zero-order valence-electron chi connectivity index (χ0n) is 6.23. The van der Waals surface area contributed by atoms with Gasteiger partial charge in [0.1, 0.15) is 0 Å². The van der Waals surface area contributed by atoms with Gasteiger partial charge in [0.15, 0.2) is 0 Å². The number of halogens is 1. The highest BCUT2D eigenvalue weighted by Gasteiger charge is 2.17. The van der Waals surface area contributed by atoms with Gasteiger partial charge in [0.05, 0.1) is 6.10 Å². The number of rotatable bonds is 3. The summed E-state index contributed by atoms with van der Waals surface area (Å²) in [5.74, 6) is 0.245. The first-order valence-corrected chi connectivity index (χ1v) is 4.31. The van der Waals surface area contributed by atoms with E-state index >= 15 is 0 Å². The third-order valence-electron chi connectivity index (χ3n) is 1.70. The molecule has 0 heterocycles. The van der Waals surface area contributed by atoms with Crippen LogP contribution >= 0.6 is 15.9 Å². The van der Waals surface area contributed by atoms with Crippen LogP contribution in [0.25, 0.3) is 0 Å². The molecular formula is C7H14BrO. The lowest BCUT2D eigenvalue weighted by atomic mass is 10.0. The molecule has 0 spiro atoms. The van der Waals surface area contributed by atoms with Crippen LogP contribution in [0.1, 0.15) is 27.2 Å². The van der Waals surface area contributed by atoms with E-state index in [1.807, 2.05) is 6.92 Å². The molecular weight excluding hydrogens is 180 g/mol. The molecule has 0 aromatic rings. The average molecular weight is 194 g/mol. The summed E-state index contributed by atoms with van der Waals surface area (Å²) in [6, 6.07) is 0. The molecule has 0 N–H and O–H groups in total. The van der Waals surface area contributed by atoms with Crippen molar-refractivity contribution >= 4 is 15.9 Å². The van der Waals surface area contributed by atoms with E-state index < -0.39 is 6.10 Å². The van der Waals surface area contributed by atoms with Gasteiger partial charge < -0.3 is 0 Å². The first-order valence-electron chi connectivity index (χ1n) is 3.39. The summed E-state index contributed by atoms with van der Waals surface area (Å²) in [5.41, 5.74) is 0. The van der Waals surface area contributed by atoms with Crippen molar-refractivity contribution in [2.75, 3.05) is 0 Å². The van der Waals surface area contributed by atoms with Crippen LogP contribution in [-0.4, -0.2) is 10.9 Å². The van der Waals surface area contributed by atoms with Crippen molar-refractivity contribution in [1.29, 1.82) is 0 Å². The van der Waals surface area contributed by atoms with Crippen molar-refractivity contribution in [1.82, 2.24) is 0 Å². The summed E-state index contributed by atoms with van der Waals surface area (Å²) in [4.78, 5) is 0.394. The van der Waals surface area contributed by atoms with Crippen molar-refractivity contribution in [3.8, 4) is 0 Å². The Hall–Kier alpha value is 0.440. The molecule has 0 saturated heterocycles. The molecule has 0 aliphatic rings. The summed E-state index contributed by atoms with van der Waals surface area (Å²) in [7, 11) is 0. The highest BCUT2D eigenvalue weighted by molar-refractivity contribution is 9.09. The van der Waals surface area contributed by atoms with Crippen LogP contribution in [0.15, 0.2) is 0 Å². The Morgan fingerprint density at radius 1 is 1.44 bits per heavy atom. The van der Waals surface area contributed by atoms with Crippen molar-refractivity contribution in [3.63, 3.8) is 0 Å². The molecule has 1 nitrogen and oxygen atoms in total. The lowest BCUT2D eigenvalue weighted by molar-refractivity contribution is 0.0584. The van der Waals surface area contributed by atoms with Gasteiger partial charge >= 0.3 is 0 Å². The van der Waals surface area contributed by atoms with Gasteiger partial charge in [-0.05, 0) is 19.3 Å². The molecule has 2 heteroatoms. The Morgan fingerprint density at radius 2 is 1.89 bits per heavy atom. The van der Waals surface area contributed by atoms with Gasteiger partial charge in [-0.3, -0.25) is 0 Å². The lowest BCUT2D eigenvalue weighted by Crippen LogP contribution is -2.20. The van der Waals surface area contributed by atoms with Gasteiger partial charge in [-0.15, -0.1) is 0 Å². The van der Waals surface area contributed by atoms with Crippen molar-refractivity contribution in [3.05, 3.63) is 0 Å². The van der Waals surface area contributed by atoms with Gasteiger partial charge in [-0.1, -0.05) is 29.8 Å². The molecule has 0 aromatic carbocycles. The fraction of sp³-hybridized carbons (Fsp3) is 1.00. The van der Waals surface area contributed by atoms with Crippen molar-refractivity contribution < 1.29 is 5.11 Å². The molecule has 1 radical (unpaired) electrons. The molecule has 0 aromatic heterocycles. The molecule has 0 saturated carbocycles. The second-order valence-corrected chi connectivity index (χ2v) is 3.66. The topological polar surface area (TPSA) is 19.9 Å². The molecule has 3 atom stereocenters. The molecule has 0 amide bonds. The van der Waals surface area contributed by atoms with Crippen LogP contribution in [0, 0.1) is 5.92 Å². The van der Waals surface area contributed by atoms with Gasteiger partial charge in [-0.25, -0.2) is 5.11 Å². The van der Waals surface area contributed by atoms with E-state index in [-0.39, 0.29) is 5.92 Å². The Kier molecular flexibility index (Phi) is 4.50. The van der Waals surface area contributed by atoms with E-state index in [2.05, 4.69) is 22.9 Å². The smallest absolute Gasteiger partial charge is 0.0938 e. The normalized spacial score (nSPS) is 21.0. The van der Waals surface area contributed by atoms with E-state index in [1.165, 1.54) is 0 Å². The maximum Gasteiger partial charge on any atom is 0.0938 e. The van der Waals surface area contributed by atoms with Crippen LogP contribution in [-0.2, 0) is 5.11 Å². The van der Waals surface area contributed by atoms with E-state index in [4.69, 9.17) is 0 Å². The van der Waals surface area contributed by atoms with Crippen LogP contribution < -0.4 is 0 Å². The summed E-state index contributed by atoms with van der Waals surface area (Å²) < 4.78 is 0. The van der Waals surface area contributed by atoms with Gasteiger partial charge in [0.25, 0.3) is 0 Å². The highest BCUT2D eigenvalue weighted by Crippen LogP contribution is 2.19. The van der Waals surface area contributed by atoms with Crippen LogP contribution in [0.4, 0.5) is 0 Å². The Balaban J connectivity index is 3.58. The quantitative estimate of drug-likeness (QED) is 0.615. The van der Waals surface area contributed by atoms with Crippen molar-refractivity contribution in [2.45, 2.75) is 38.1 Å². The Morgan fingerprint density at radius 3 is 2.00 bits per heavy atom. The first kappa shape index (κ1) is 9.44. The third-order valence-corrected chi connectivity index (χ3v) is 3.18. The van der Waals surface area contributed by atoms with E-state index in [0.29, 0.717) is 4.83 Å². The van der Waals surface area contributed by atoms with Crippen LogP contribution in [0.2, 0.25) is 0 Å². The number of alkyl halides is 1. The van der Waals surface area contributed by atoms with Crippen LogP contribution in [0.5, 0.6) is 0 Å². The minimum atomic E-state index is -0.450. The zero-order valence-corrected chi connectivity index (χ0v) is 7.81. The minimum Gasteiger partial charge on any atom is -0.233 e. The van der Waals surface area contributed by atoms with Gasteiger partial charge in [0, 0.05) is 4.83 Å². The average Bonchev–Trinajstić information content (AvgIpc) is 1.84. The fourth-order valence-corrected chi connectivity index (χ4v) is 1.10. The standard InChI is InChI=1S/C7H14BrO/c1-4-7(8)5(2)6(3)9/h5-7H,4H2,1-3H3. The van der Waals surface area contributed by atoms with Crippen molar-refractivity contribution in [2.24, 2.45) is 5.92 Å². The maximum absolute atomic E-state index is 10.8. The number of hydrogen-bond donors (Lipinski definition) is 0. The molecule has 9 heavy (non-hydrogen) atoms. The van der Waals surface area contributed by atoms with E-state index in [1.54, 1.807) is 6.92 Å². The predicted molar refractivity (Wildman–Crippen MR) is 42.3 cm³/mol. The molecule has 0 rings (SSSR count). The second-order valence-electron chi connectivity index (χ2n) is 2.49. The van der Waals surface area contributed by atoms with Gasteiger partial charge in [0.2, 0.25) is 0 Å². The first-order chi connectivity index (χ1) is 4.09. The lowest BCUT2D eigenvalue weighted by Gasteiger charge is -2.17. The van der Waals surface area contributed by atoms with E-state index in [0.717, 1.165) is 6.42 Å².